The highest BCUT2D eigenvalue weighted by Gasteiger charge is 2.48. The van der Waals surface area contributed by atoms with Gasteiger partial charge in [0.05, 0.1) is 19.5 Å². The number of imidazole rings is 2. The van der Waals surface area contributed by atoms with Crippen LogP contribution in [-0.4, -0.2) is 104 Å². The molecule has 19 heteroatoms. The van der Waals surface area contributed by atoms with Crippen LogP contribution in [0.1, 0.15) is 12.5 Å². The highest BCUT2D eigenvalue weighted by Crippen LogP contribution is 2.40. The quantitative estimate of drug-likeness (QED) is 0.136. The molecule has 0 saturated carbocycles. The Bertz CT molecular complexity index is 1610. The third-order valence-corrected chi connectivity index (χ3v) is 7.70. The fourth-order valence-corrected chi connectivity index (χ4v) is 5.66. The van der Waals surface area contributed by atoms with Gasteiger partial charge in [0.25, 0.3) is 5.56 Å². The predicted molar refractivity (Wildman–Crippen MR) is 132 cm³/mol. The summed E-state index contributed by atoms with van der Waals surface area (Å²) < 4.78 is 39.2. The molecule has 2 saturated heterocycles. The number of aliphatic hydroxyl groups excluding tert-OH is 4. The van der Waals surface area contributed by atoms with Crippen molar-refractivity contribution in [3.8, 4) is 0 Å². The van der Waals surface area contributed by atoms with Crippen molar-refractivity contribution in [2.45, 2.75) is 49.1 Å². The Balaban J connectivity index is 1.15. The number of aliphatic hydroxyl groups is 4. The summed E-state index contributed by atoms with van der Waals surface area (Å²) in [6.45, 7) is -1.01. The standard InChI is InChI=1S/C21H25N8O10P/c22-17-12-18(25-7-24-17)29(8-26-12)19-15(34)13(32)10(38-19)6-36-40(35)39-16-14(33)9(5-30)37-20(16)28-3-1-11(31)27-4-2-23-21(27)28/h1-4,7-10,13-16,19-20,30,32-34,40H,5-6H2,(H2,22,24,25)/t9-,10-,13-,14-,15-,16-,19-,20-/m1/s1. The van der Waals surface area contributed by atoms with E-state index in [1.165, 1.54) is 50.8 Å². The maximum absolute atomic E-state index is 12.8. The monoisotopic (exact) mass is 580 g/mol. The molecule has 0 spiro atoms. The molecule has 18 nitrogen and oxygen atoms in total. The summed E-state index contributed by atoms with van der Waals surface area (Å²) in [6, 6.07) is 1.25. The van der Waals surface area contributed by atoms with Crippen LogP contribution in [0.4, 0.5) is 5.82 Å². The highest BCUT2D eigenvalue weighted by atomic mass is 31.1. The van der Waals surface area contributed by atoms with Gasteiger partial charge in [-0.2, -0.15) is 0 Å². The van der Waals surface area contributed by atoms with Crippen LogP contribution in [0.3, 0.4) is 0 Å². The van der Waals surface area contributed by atoms with Gasteiger partial charge in [-0.15, -0.1) is 0 Å². The van der Waals surface area contributed by atoms with E-state index < -0.39 is 70.5 Å². The van der Waals surface area contributed by atoms with E-state index in [0.29, 0.717) is 0 Å². The van der Waals surface area contributed by atoms with Crippen LogP contribution in [0.25, 0.3) is 16.9 Å². The van der Waals surface area contributed by atoms with Gasteiger partial charge >= 0.3 is 8.25 Å². The molecular weight excluding hydrogens is 555 g/mol. The minimum absolute atomic E-state index is 0.128. The summed E-state index contributed by atoms with van der Waals surface area (Å²) in [5.74, 6) is 0.293. The Hall–Kier alpha value is -3.32. The molecule has 1 unspecified atom stereocenters. The number of fused-ring (bicyclic) bond motifs is 2. The second-order valence-corrected chi connectivity index (χ2v) is 10.2. The number of nitrogens with zero attached hydrogens (tertiary/aromatic N) is 7. The molecule has 0 amide bonds. The lowest BCUT2D eigenvalue weighted by Crippen LogP contribution is -2.35. The highest BCUT2D eigenvalue weighted by molar-refractivity contribution is 7.33. The molecule has 4 aromatic rings. The summed E-state index contributed by atoms with van der Waals surface area (Å²) >= 11 is 0. The van der Waals surface area contributed by atoms with Gasteiger partial charge in [-0.25, -0.2) is 19.9 Å². The number of nitrogen functional groups attached to an aromatic ring is 1. The van der Waals surface area contributed by atoms with Gasteiger partial charge in [-0.05, 0) is 0 Å². The number of nitrogens with two attached hydrogens (primary N) is 1. The van der Waals surface area contributed by atoms with E-state index >= 15 is 0 Å². The number of hydrogen-bond donors (Lipinski definition) is 5. The third kappa shape index (κ3) is 4.48. The van der Waals surface area contributed by atoms with Crippen molar-refractivity contribution in [1.82, 2.24) is 33.5 Å². The zero-order chi connectivity index (χ0) is 28.1. The summed E-state index contributed by atoms with van der Waals surface area (Å²) in [5, 5.41) is 41.5. The predicted octanol–water partition coefficient (Wildman–Crippen LogP) is -2.42. The van der Waals surface area contributed by atoms with Gasteiger partial charge < -0.3 is 40.2 Å². The molecule has 0 bridgehead atoms. The smallest absolute Gasteiger partial charge is 0.319 e. The van der Waals surface area contributed by atoms with Crippen molar-refractivity contribution in [2.75, 3.05) is 18.9 Å². The maximum Gasteiger partial charge on any atom is 0.319 e. The molecule has 6 heterocycles. The fraction of sp³-hybridized carbons (Fsp3) is 0.476. The normalized spacial score (nSPS) is 31.4. The van der Waals surface area contributed by atoms with Crippen LogP contribution in [0.5, 0.6) is 0 Å². The molecule has 2 aliphatic rings. The van der Waals surface area contributed by atoms with Crippen molar-refractivity contribution < 1.29 is 43.5 Å². The molecule has 0 aromatic carbocycles. The SMILES string of the molecule is Nc1ncnc2c1ncn2[C@@H]1O[C@H](CO[PH](=O)O[C@@H]2[C@H](O)[C@@H](CO)O[C@H]2n2ccc(=O)n3ccnc23)[C@@H](O)[C@H]1O. The average molecular weight is 580 g/mol. The van der Waals surface area contributed by atoms with E-state index in [-0.39, 0.29) is 28.3 Å². The molecule has 0 radical (unpaired) electrons. The van der Waals surface area contributed by atoms with Gasteiger partial charge in [0.1, 0.15) is 48.5 Å². The molecule has 4 aromatic heterocycles. The first-order chi connectivity index (χ1) is 19.3. The molecule has 2 fully saturated rings. The molecule has 6 rings (SSSR count). The fourth-order valence-electron chi connectivity index (χ4n) is 4.82. The largest absolute Gasteiger partial charge is 0.394 e. The number of anilines is 1. The first kappa shape index (κ1) is 26.9. The Morgan fingerprint density at radius 2 is 1.80 bits per heavy atom. The van der Waals surface area contributed by atoms with Gasteiger partial charge in [-0.1, -0.05) is 0 Å². The summed E-state index contributed by atoms with van der Waals surface area (Å²) in [5.41, 5.74) is 6.01. The molecule has 9 atom stereocenters. The molecular formula is C21H25N8O10P. The molecule has 2 aliphatic heterocycles. The summed E-state index contributed by atoms with van der Waals surface area (Å²) in [4.78, 5) is 28.3. The van der Waals surface area contributed by atoms with Crippen LogP contribution in [0.15, 0.2) is 42.1 Å². The number of hydrogen-bond acceptors (Lipinski definition) is 15. The Morgan fingerprint density at radius 1 is 1.00 bits per heavy atom. The van der Waals surface area contributed by atoms with Crippen molar-refractivity contribution in [3.63, 3.8) is 0 Å². The minimum atomic E-state index is -3.36. The maximum atomic E-state index is 12.8. The van der Waals surface area contributed by atoms with E-state index in [0.717, 1.165) is 0 Å². The first-order valence-corrected chi connectivity index (χ1v) is 13.3. The topological polar surface area (TPSA) is 244 Å². The molecule has 214 valence electrons. The average Bonchev–Trinajstić information content (AvgIpc) is 3.72. The second-order valence-electron chi connectivity index (χ2n) is 9.17. The van der Waals surface area contributed by atoms with E-state index in [4.69, 9.17) is 24.3 Å². The summed E-state index contributed by atoms with van der Waals surface area (Å²) in [7, 11) is -3.36. The third-order valence-electron chi connectivity index (χ3n) is 6.83. The first-order valence-electron chi connectivity index (χ1n) is 12.0. The number of rotatable bonds is 8. The lowest BCUT2D eigenvalue weighted by Gasteiger charge is -2.23. The zero-order valence-electron chi connectivity index (χ0n) is 20.4. The Morgan fingerprint density at radius 3 is 2.60 bits per heavy atom. The van der Waals surface area contributed by atoms with Crippen LogP contribution < -0.4 is 11.3 Å². The van der Waals surface area contributed by atoms with Crippen LogP contribution >= 0.6 is 8.25 Å². The van der Waals surface area contributed by atoms with E-state index in [2.05, 4.69) is 19.9 Å². The van der Waals surface area contributed by atoms with Gasteiger partial charge in [0, 0.05) is 24.7 Å². The minimum Gasteiger partial charge on any atom is -0.394 e. The van der Waals surface area contributed by atoms with E-state index in [1.807, 2.05) is 0 Å². The van der Waals surface area contributed by atoms with Crippen LogP contribution in [0.2, 0.25) is 0 Å². The number of ether oxygens (including phenoxy) is 2. The molecule has 40 heavy (non-hydrogen) atoms. The van der Waals surface area contributed by atoms with Crippen molar-refractivity contribution in [1.29, 1.82) is 0 Å². The van der Waals surface area contributed by atoms with E-state index in [1.54, 1.807) is 0 Å². The Labute approximate surface area is 224 Å². The zero-order valence-corrected chi connectivity index (χ0v) is 21.4. The number of aromatic nitrogens is 7. The second kappa shape index (κ2) is 10.6. The van der Waals surface area contributed by atoms with Crippen LogP contribution in [-0.2, 0) is 23.1 Å². The van der Waals surface area contributed by atoms with Crippen LogP contribution in [0, 0.1) is 0 Å². The van der Waals surface area contributed by atoms with Gasteiger partial charge in [-0.3, -0.25) is 27.4 Å². The van der Waals surface area contributed by atoms with Crippen molar-refractivity contribution in [2.24, 2.45) is 0 Å². The molecule has 6 N–H and O–H groups in total. The van der Waals surface area contributed by atoms with Crippen molar-refractivity contribution >= 4 is 31.0 Å². The summed E-state index contributed by atoms with van der Waals surface area (Å²) in [6.07, 6.45) is -3.23. The van der Waals surface area contributed by atoms with Gasteiger partial charge in [0.15, 0.2) is 23.9 Å². The van der Waals surface area contributed by atoms with E-state index in [9.17, 15) is 29.8 Å². The molecule has 0 aliphatic carbocycles. The van der Waals surface area contributed by atoms with Crippen molar-refractivity contribution in [3.05, 3.63) is 47.7 Å². The lowest BCUT2D eigenvalue weighted by molar-refractivity contribution is -0.0549. The van der Waals surface area contributed by atoms with Gasteiger partial charge in [0.2, 0.25) is 5.78 Å². The Kier molecular flexibility index (Phi) is 7.11. The lowest BCUT2D eigenvalue weighted by atomic mass is 10.1.